The lowest BCUT2D eigenvalue weighted by Gasteiger charge is -2.33. The molecule has 1 aliphatic heterocycles. The Hall–Kier alpha value is -1.67. The van der Waals surface area contributed by atoms with E-state index in [1.54, 1.807) is 12.0 Å². The van der Waals surface area contributed by atoms with E-state index in [0.717, 1.165) is 12.8 Å². The van der Waals surface area contributed by atoms with Crippen LogP contribution >= 0.6 is 0 Å². The highest BCUT2D eigenvalue weighted by Crippen LogP contribution is 2.09. The molecule has 1 fully saturated rings. The van der Waals surface area contributed by atoms with Gasteiger partial charge in [0, 0.05) is 33.4 Å². The van der Waals surface area contributed by atoms with Crippen LogP contribution in [-0.4, -0.2) is 75.2 Å². The van der Waals surface area contributed by atoms with Crippen molar-refractivity contribution in [2.75, 3.05) is 46.5 Å². The van der Waals surface area contributed by atoms with Gasteiger partial charge >= 0.3 is 5.97 Å². The van der Waals surface area contributed by atoms with Gasteiger partial charge in [0.2, 0.25) is 11.8 Å². The third-order valence-corrected chi connectivity index (χ3v) is 3.46. The number of carbonyl (C=O) groups excluding carboxylic acids is 3. The zero-order valence-electron chi connectivity index (χ0n) is 13.9. The molecule has 1 unspecified atom stereocenters. The average Bonchev–Trinajstić information content (AvgIpc) is 2.53. The summed E-state index contributed by atoms with van der Waals surface area (Å²) in [7, 11) is 1.61. The molecule has 1 rings (SSSR count). The Morgan fingerprint density at radius 2 is 2.17 bits per heavy atom. The summed E-state index contributed by atoms with van der Waals surface area (Å²) in [5.74, 6) is -0.820. The van der Waals surface area contributed by atoms with E-state index in [1.165, 1.54) is 0 Å². The number of rotatable bonds is 10. The second-order valence-corrected chi connectivity index (χ2v) is 5.40. The Morgan fingerprint density at radius 1 is 1.39 bits per heavy atom. The van der Waals surface area contributed by atoms with Gasteiger partial charge in [-0.1, -0.05) is 6.92 Å². The molecular weight excluding hydrogens is 302 g/mol. The molecular formula is C15H27N3O5. The molecule has 8 heteroatoms. The molecule has 1 atom stereocenters. The molecule has 132 valence electrons. The first-order valence-electron chi connectivity index (χ1n) is 8.01. The van der Waals surface area contributed by atoms with Gasteiger partial charge in [0.1, 0.15) is 6.04 Å². The number of piperazine rings is 1. The fraction of sp³-hybridized carbons (Fsp3) is 0.800. The lowest BCUT2D eigenvalue weighted by molar-refractivity contribution is -0.149. The summed E-state index contributed by atoms with van der Waals surface area (Å²) in [4.78, 5) is 37.4. The Labute approximate surface area is 136 Å². The van der Waals surface area contributed by atoms with E-state index in [2.05, 4.69) is 10.6 Å². The van der Waals surface area contributed by atoms with E-state index in [4.69, 9.17) is 9.47 Å². The first-order valence-corrected chi connectivity index (χ1v) is 8.01. The zero-order chi connectivity index (χ0) is 17.1. The maximum atomic E-state index is 12.0. The van der Waals surface area contributed by atoms with Crippen LogP contribution in [0.5, 0.6) is 0 Å². The molecule has 1 heterocycles. The van der Waals surface area contributed by atoms with E-state index in [-0.39, 0.29) is 24.8 Å². The summed E-state index contributed by atoms with van der Waals surface area (Å²) in [6, 6.07) is -0.655. The fourth-order valence-electron chi connectivity index (χ4n) is 2.29. The molecule has 0 aliphatic carbocycles. The molecule has 2 amide bonds. The minimum Gasteiger partial charge on any atom is -0.466 e. The number of nitrogens with one attached hydrogen (secondary N) is 2. The van der Waals surface area contributed by atoms with Crippen molar-refractivity contribution in [2.45, 2.75) is 32.2 Å². The van der Waals surface area contributed by atoms with E-state index < -0.39 is 12.0 Å². The first-order chi connectivity index (χ1) is 11.1. The molecule has 0 bridgehead atoms. The van der Waals surface area contributed by atoms with Crippen LogP contribution in [0.2, 0.25) is 0 Å². The van der Waals surface area contributed by atoms with Crippen molar-refractivity contribution in [3.05, 3.63) is 0 Å². The predicted octanol–water partition coefficient (Wildman–Crippen LogP) is -0.717. The summed E-state index contributed by atoms with van der Waals surface area (Å²) >= 11 is 0. The van der Waals surface area contributed by atoms with Crippen LogP contribution in [0.25, 0.3) is 0 Å². The van der Waals surface area contributed by atoms with Crippen LogP contribution in [-0.2, 0) is 23.9 Å². The lowest BCUT2D eigenvalue weighted by Crippen LogP contribution is -2.58. The Balaban J connectivity index is 2.47. The van der Waals surface area contributed by atoms with Crippen molar-refractivity contribution < 1.29 is 23.9 Å². The van der Waals surface area contributed by atoms with E-state index in [9.17, 15) is 14.4 Å². The van der Waals surface area contributed by atoms with E-state index >= 15 is 0 Å². The number of methoxy groups -OCH3 is 1. The normalized spacial score (nSPS) is 18.3. The summed E-state index contributed by atoms with van der Waals surface area (Å²) in [6.45, 7) is 4.44. The molecule has 0 aromatic heterocycles. The third-order valence-electron chi connectivity index (χ3n) is 3.46. The fourth-order valence-corrected chi connectivity index (χ4v) is 2.29. The number of amides is 2. The summed E-state index contributed by atoms with van der Waals surface area (Å²) in [5.41, 5.74) is 0. The molecule has 0 saturated carbocycles. The van der Waals surface area contributed by atoms with Crippen molar-refractivity contribution in [2.24, 2.45) is 0 Å². The maximum absolute atomic E-state index is 12.0. The van der Waals surface area contributed by atoms with Gasteiger partial charge in [0.25, 0.3) is 0 Å². The number of hydrogen-bond acceptors (Lipinski definition) is 6. The van der Waals surface area contributed by atoms with Gasteiger partial charge in [0.15, 0.2) is 0 Å². The van der Waals surface area contributed by atoms with Gasteiger partial charge in [-0.3, -0.25) is 19.3 Å². The van der Waals surface area contributed by atoms with Crippen molar-refractivity contribution in [1.29, 1.82) is 0 Å². The van der Waals surface area contributed by atoms with Gasteiger partial charge in [-0.15, -0.1) is 0 Å². The van der Waals surface area contributed by atoms with Crippen molar-refractivity contribution in [3.63, 3.8) is 0 Å². The average molecular weight is 329 g/mol. The molecule has 2 N–H and O–H groups in total. The maximum Gasteiger partial charge on any atom is 0.307 e. The summed E-state index contributed by atoms with van der Waals surface area (Å²) in [5, 5.41) is 5.50. The van der Waals surface area contributed by atoms with Crippen LogP contribution < -0.4 is 10.6 Å². The van der Waals surface area contributed by atoms with Crippen molar-refractivity contribution in [1.82, 2.24) is 15.5 Å². The lowest BCUT2D eigenvalue weighted by atomic mass is 10.1. The summed E-state index contributed by atoms with van der Waals surface area (Å²) < 4.78 is 9.94. The topological polar surface area (TPSA) is 97.0 Å². The van der Waals surface area contributed by atoms with Gasteiger partial charge in [-0.2, -0.15) is 0 Å². The number of esters is 1. The van der Waals surface area contributed by atoms with Gasteiger partial charge in [0.05, 0.1) is 19.6 Å². The minimum atomic E-state index is -0.655. The second-order valence-electron chi connectivity index (χ2n) is 5.40. The summed E-state index contributed by atoms with van der Waals surface area (Å²) in [6.07, 6.45) is 1.43. The Bertz CT molecular complexity index is 403. The number of ether oxygens (including phenoxy) is 2. The largest absolute Gasteiger partial charge is 0.466 e. The minimum absolute atomic E-state index is 0.0389. The van der Waals surface area contributed by atoms with Crippen LogP contribution in [0.3, 0.4) is 0 Å². The molecule has 1 saturated heterocycles. The van der Waals surface area contributed by atoms with Crippen LogP contribution in [0.1, 0.15) is 26.2 Å². The smallest absolute Gasteiger partial charge is 0.307 e. The monoisotopic (exact) mass is 329 g/mol. The first kappa shape index (κ1) is 19.4. The molecule has 0 spiro atoms. The molecule has 0 radical (unpaired) electrons. The standard InChI is InChI=1S/C15H27N3O5/c1-3-8-23-14(20)10-12-15(21)17-6-7-18(12)11-13(19)16-5-4-9-22-2/h12H,3-11H2,1-2H3,(H,16,19)(H,17,21). The zero-order valence-corrected chi connectivity index (χ0v) is 13.9. The highest BCUT2D eigenvalue weighted by Gasteiger charge is 2.33. The quantitative estimate of drug-likeness (QED) is 0.406. The van der Waals surface area contributed by atoms with Crippen LogP contribution in [0.15, 0.2) is 0 Å². The third kappa shape index (κ3) is 7.43. The number of carbonyl (C=O) groups is 3. The van der Waals surface area contributed by atoms with E-state index in [1.807, 2.05) is 6.92 Å². The molecule has 8 nitrogen and oxygen atoms in total. The van der Waals surface area contributed by atoms with Crippen LogP contribution in [0, 0.1) is 0 Å². The molecule has 1 aliphatic rings. The SMILES string of the molecule is CCCOC(=O)CC1C(=O)NCCN1CC(=O)NCCCOC. The van der Waals surface area contributed by atoms with Gasteiger partial charge in [-0.25, -0.2) is 0 Å². The second kappa shape index (κ2) is 11.0. The highest BCUT2D eigenvalue weighted by molar-refractivity contribution is 5.88. The Kier molecular flexibility index (Phi) is 9.23. The van der Waals surface area contributed by atoms with Crippen LogP contribution in [0.4, 0.5) is 0 Å². The predicted molar refractivity (Wildman–Crippen MR) is 83.7 cm³/mol. The highest BCUT2D eigenvalue weighted by atomic mass is 16.5. The molecule has 0 aromatic carbocycles. The molecule has 23 heavy (non-hydrogen) atoms. The van der Waals surface area contributed by atoms with Gasteiger partial charge in [-0.05, 0) is 12.8 Å². The van der Waals surface area contributed by atoms with Crippen molar-refractivity contribution in [3.8, 4) is 0 Å². The number of nitrogens with zero attached hydrogens (tertiary/aromatic N) is 1. The Morgan fingerprint density at radius 3 is 2.87 bits per heavy atom. The number of hydrogen-bond donors (Lipinski definition) is 2. The van der Waals surface area contributed by atoms with Gasteiger partial charge < -0.3 is 20.1 Å². The van der Waals surface area contributed by atoms with E-state index in [0.29, 0.717) is 32.8 Å². The van der Waals surface area contributed by atoms with Crippen molar-refractivity contribution >= 4 is 17.8 Å². The molecule has 0 aromatic rings.